The first-order valence-corrected chi connectivity index (χ1v) is 9.09. The van der Waals surface area contributed by atoms with E-state index in [4.69, 9.17) is 9.47 Å². The minimum atomic E-state index is -2.93. The van der Waals surface area contributed by atoms with Crippen LogP contribution in [0.25, 0.3) is 0 Å². The van der Waals surface area contributed by atoms with E-state index in [1.807, 2.05) is 25.1 Å². The summed E-state index contributed by atoms with van der Waals surface area (Å²) in [5.74, 6) is 0.997. The maximum Gasteiger partial charge on any atom is 0.147 e. The third kappa shape index (κ3) is 7.45. The predicted molar refractivity (Wildman–Crippen MR) is 84.6 cm³/mol. The average molecular weight is 315 g/mol. The number of hydrogen-bond donors (Lipinski definition) is 1. The number of sulfone groups is 1. The van der Waals surface area contributed by atoms with Gasteiger partial charge in [0.05, 0.1) is 19.0 Å². The zero-order chi connectivity index (χ0) is 15.7. The third-order valence-electron chi connectivity index (χ3n) is 3.00. The van der Waals surface area contributed by atoms with E-state index in [-0.39, 0.29) is 5.75 Å². The fourth-order valence-electron chi connectivity index (χ4n) is 1.95. The molecule has 0 spiro atoms. The summed E-state index contributed by atoms with van der Waals surface area (Å²) in [4.78, 5) is 0. The Bertz CT molecular complexity index is 528. The van der Waals surface area contributed by atoms with Crippen molar-refractivity contribution < 1.29 is 17.9 Å². The maximum atomic E-state index is 11.1. The van der Waals surface area contributed by atoms with Crippen LogP contribution < -0.4 is 10.1 Å². The molecule has 0 amide bonds. The minimum Gasteiger partial charge on any atom is -0.493 e. The number of nitrogens with one attached hydrogen (secondary N) is 1. The van der Waals surface area contributed by atoms with Crippen LogP contribution in [-0.2, 0) is 21.1 Å². The highest BCUT2D eigenvalue weighted by Gasteiger charge is 2.08. The molecule has 0 saturated carbocycles. The van der Waals surface area contributed by atoms with E-state index >= 15 is 0 Å². The van der Waals surface area contributed by atoms with Gasteiger partial charge in [-0.1, -0.05) is 18.2 Å². The molecule has 1 rings (SSSR count). The quantitative estimate of drug-likeness (QED) is 0.664. The molecule has 21 heavy (non-hydrogen) atoms. The first kappa shape index (κ1) is 17.9. The monoisotopic (exact) mass is 315 g/mol. The Morgan fingerprint density at radius 2 is 2.00 bits per heavy atom. The highest BCUT2D eigenvalue weighted by atomic mass is 32.2. The lowest BCUT2D eigenvalue weighted by Gasteiger charge is -2.14. The molecular formula is C15H25NO4S. The Morgan fingerprint density at radius 3 is 2.67 bits per heavy atom. The van der Waals surface area contributed by atoms with Gasteiger partial charge in [-0.3, -0.25) is 0 Å². The molecular weight excluding hydrogens is 290 g/mol. The second-order valence-electron chi connectivity index (χ2n) is 5.06. The van der Waals surface area contributed by atoms with Crippen molar-refractivity contribution in [2.45, 2.75) is 19.9 Å². The Morgan fingerprint density at radius 1 is 1.24 bits per heavy atom. The molecule has 0 aliphatic carbocycles. The van der Waals surface area contributed by atoms with Crippen molar-refractivity contribution >= 4 is 9.84 Å². The zero-order valence-corrected chi connectivity index (χ0v) is 13.8. The molecule has 0 aromatic heterocycles. The summed E-state index contributed by atoms with van der Waals surface area (Å²) >= 11 is 0. The number of benzene rings is 1. The van der Waals surface area contributed by atoms with Gasteiger partial charge < -0.3 is 14.8 Å². The Balaban J connectivity index is 2.54. The van der Waals surface area contributed by atoms with Gasteiger partial charge in [-0.15, -0.1) is 0 Å². The van der Waals surface area contributed by atoms with Gasteiger partial charge in [0.25, 0.3) is 0 Å². The summed E-state index contributed by atoms with van der Waals surface area (Å²) in [5, 5.41) is 3.28. The normalized spacial score (nSPS) is 11.6. The van der Waals surface area contributed by atoms with Crippen LogP contribution in [-0.4, -0.2) is 47.3 Å². The number of aryl methyl sites for hydroxylation is 1. The summed E-state index contributed by atoms with van der Waals surface area (Å²) in [7, 11) is -1.25. The van der Waals surface area contributed by atoms with Gasteiger partial charge >= 0.3 is 0 Å². The number of rotatable bonds is 10. The van der Waals surface area contributed by atoms with Crippen molar-refractivity contribution in [3.63, 3.8) is 0 Å². The average Bonchev–Trinajstić information content (AvgIpc) is 2.40. The van der Waals surface area contributed by atoms with Crippen LogP contribution in [0.15, 0.2) is 18.2 Å². The minimum absolute atomic E-state index is 0.153. The Hall–Kier alpha value is -1.11. The van der Waals surface area contributed by atoms with E-state index < -0.39 is 9.84 Å². The standard InChI is InChI=1S/C15H25NO4S/c1-13-6-4-7-14(12-16-8-10-19-2)15(13)20-9-5-11-21(3,17)18/h4,6-7,16H,5,8-12H2,1-3H3. The third-order valence-corrected chi connectivity index (χ3v) is 4.03. The summed E-state index contributed by atoms with van der Waals surface area (Å²) in [6, 6.07) is 6.00. The van der Waals surface area contributed by atoms with Gasteiger partial charge in [0, 0.05) is 32.0 Å². The topological polar surface area (TPSA) is 64.6 Å². The SMILES string of the molecule is COCCNCc1cccc(C)c1OCCCS(C)(=O)=O. The number of ether oxygens (including phenoxy) is 2. The molecule has 0 saturated heterocycles. The van der Waals surface area contributed by atoms with E-state index in [2.05, 4.69) is 5.32 Å². The molecule has 0 radical (unpaired) electrons. The lowest BCUT2D eigenvalue weighted by Crippen LogP contribution is -2.19. The molecule has 120 valence electrons. The molecule has 1 aromatic rings. The molecule has 6 heteroatoms. The second kappa shape index (κ2) is 9.02. The Kier molecular flexibility index (Phi) is 7.71. The summed E-state index contributed by atoms with van der Waals surface area (Å²) in [6.07, 6.45) is 1.75. The van der Waals surface area contributed by atoms with E-state index in [1.54, 1.807) is 7.11 Å². The highest BCUT2D eigenvalue weighted by Crippen LogP contribution is 2.23. The van der Waals surface area contributed by atoms with Crippen LogP contribution in [0.2, 0.25) is 0 Å². The second-order valence-corrected chi connectivity index (χ2v) is 7.32. The first-order valence-electron chi connectivity index (χ1n) is 7.02. The van der Waals surface area contributed by atoms with Crippen LogP contribution in [0.1, 0.15) is 17.5 Å². The largest absolute Gasteiger partial charge is 0.493 e. The maximum absolute atomic E-state index is 11.1. The number of para-hydroxylation sites is 1. The molecule has 0 unspecified atom stereocenters. The van der Waals surface area contributed by atoms with Crippen molar-refractivity contribution in [2.24, 2.45) is 0 Å². The number of methoxy groups -OCH3 is 1. The van der Waals surface area contributed by atoms with Crippen LogP contribution in [0.5, 0.6) is 5.75 Å². The van der Waals surface area contributed by atoms with Crippen LogP contribution in [0.4, 0.5) is 0 Å². The van der Waals surface area contributed by atoms with Crippen molar-refractivity contribution in [1.29, 1.82) is 0 Å². The predicted octanol–water partition coefficient (Wildman–Crippen LogP) is 1.54. The smallest absolute Gasteiger partial charge is 0.147 e. The van der Waals surface area contributed by atoms with Gasteiger partial charge in [0.1, 0.15) is 15.6 Å². The lowest BCUT2D eigenvalue weighted by molar-refractivity contribution is 0.199. The van der Waals surface area contributed by atoms with Crippen molar-refractivity contribution in [3.05, 3.63) is 29.3 Å². The molecule has 0 aliphatic heterocycles. The highest BCUT2D eigenvalue weighted by molar-refractivity contribution is 7.90. The van der Waals surface area contributed by atoms with E-state index in [0.29, 0.717) is 26.2 Å². The molecule has 1 aromatic carbocycles. The molecule has 0 fully saturated rings. The summed E-state index contributed by atoms with van der Waals surface area (Å²) < 4.78 is 33.0. The fourth-order valence-corrected chi connectivity index (χ4v) is 2.59. The van der Waals surface area contributed by atoms with Gasteiger partial charge in [-0.05, 0) is 18.9 Å². The lowest BCUT2D eigenvalue weighted by atomic mass is 10.1. The molecule has 0 bridgehead atoms. The zero-order valence-electron chi connectivity index (χ0n) is 13.0. The van der Waals surface area contributed by atoms with E-state index in [9.17, 15) is 8.42 Å². The van der Waals surface area contributed by atoms with Gasteiger partial charge in [-0.2, -0.15) is 0 Å². The number of hydrogen-bond acceptors (Lipinski definition) is 5. The van der Waals surface area contributed by atoms with Crippen molar-refractivity contribution in [3.8, 4) is 5.75 Å². The van der Waals surface area contributed by atoms with Gasteiger partial charge in [-0.25, -0.2) is 8.42 Å². The molecule has 0 heterocycles. The van der Waals surface area contributed by atoms with Crippen LogP contribution in [0.3, 0.4) is 0 Å². The molecule has 5 nitrogen and oxygen atoms in total. The Labute approximate surface area is 127 Å². The van der Waals surface area contributed by atoms with Crippen LogP contribution in [0, 0.1) is 6.92 Å². The van der Waals surface area contributed by atoms with E-state index in [0.717, 1.165) is 23.4 Å². The van der Waals surface area contributed by atoms with Crippen molar-refractivity contribution in [1.82, 2.24) is 5.32 Å². The van der Waals surface area contributed by atoms with Gasteiger partial charge in [0.2, 0.25) is 0 Å². The van der Waals surface area contributed by atoms with Crippen molar-refractivity contribution in [2.75, 3.05) is 38.9 Å². The van der Waals surface area contributed by atoms with Gasteiger partial charge in [0.15, 0.2) is 0 Å². The molecule has 0 aliphatic rings. The summed E-state index contributed by atoms with van der Waals surface area (Å²) in [5.41, 5.74) is 2.13. The summed E-state index contributed by atoms with van der Waals surface area (Å²) in [6.45, 7) is 4.54. The first-order chi connectivity index (χ1) is 9.94. The molecule has 1 N–H and O–H groups in total. The van der Waals surface area contributed by atoms with Crippen LogP contribution >= 0.6 is 0 Å². The fraction of sp³-hybridized carbons (Fsp3) is 0.600. The van der Waals surface area contributed by atoms with E-state index in [1.165, 1.54) is 6.26 Å². The molecule has 0 atom stereocenters.